The van der Waals surface area contributed by atoms with E-state index in [0.29, 0.717) is 0 Å². The van der Waals surface area contributed by atoms with E-state index in [1.807, 2.05) is 0 Å². The molecule has 0 saturated heterocycles. The van der Waals surface area contributed by atoms with Crippen molar-refractivity contribution in [2.75, 3.05) is 0 Å². The fourth-order valence-electron chi connectivity index (χ4n) is 3.21. The molecule has 3 aromatic rings. The van der Waals surface area contributed by atoms with E-state index in [0.717, 1.165) is 22.9 Å². The minimum absolute atomic E-state index is 0.0456. The Labute approximate surface area is 177 Å². The van der Waals surface area contributed by atoms with Gasteiger partial charge in [0.25, 0.3) is 11.5 Å². The second-order valence-electron chi connectivity index (χ2n) is 6.79. The molecule has 1 amide bonds. The summed E-state index contributed by atoms with van der Waals surface area (Å²) in [6.45, 7) is 0. The normalized spacial score (nSPS) is 14.7. The molecular formula is C20H14F3N3O6. The van der Waals surface area contributed by atoms with E-state index in [1.54, 1.807) is 0 Å². The lowest BCUT2D eigenvalue weighted by Crippen LogP contribution is -2.31. The van der Waals surface area contributed by atoms with Crippen LogP contribution in [0.2, 0.25) is 0 Å². The highest BCUT2D eigenvalue weighted by atomic mass is 19.3. The predicted molar refractivity (Wildman–Crippen MR) is 101 cm³/mol. The summed E-state index contributed by atoms with van der Waals surface area (Å²) in [7, 11) is 0. The Hall–Kier alpha value is -4.22. The number of halogens is 3. The Morgan fingerprint density at radius 2 is 1.88 bits per heavy atom. The van der Waals surface area contributed by atoms with Crippen molar-refractivity contribution >= 4 is 11.9 Å². The van der Waals surface area contributed by atoms with Gasteiger partial charge in [-0.15, -0.1) is 8.78 Å². The van der Waals surface area contributed by atoms with Gasteiger partial charge in [0, 0.05) is 11.6 Å². The number of aliphatic carboxylic acids is 1. The maximum atomic E-state index is 13.5. The van der Waals surface area contributed by atoms with Crippen molar-refractivity contribution in [3.63, 3.8) is 0 Å². The molecule has 0 bridgehead atoms. The van der Waals surface area contributed by atoms with Gasteiger partial charge >= 0.3 is 12.3 Å². The highest BCUT2D eigenvalue weighted by Crippen LogP contribution is 2.45. The number of fused-ring (bicyclic) bond motifs is 1. The third-order valence-corrected chi connectivity index (χ3v) is 4.57. The molecule has 2 aromatic carbocycles. The number of para-hydroxylation sites is 1. The summed E-state index contributed by atoms with van der Waals surface area (Å²) in [6.07, 6.45) is -4.60. The number of hydrogen-bond donors (Lipinski definition) is 3. The van der Waals surface area contributed by atoms with Gasteiger partial charge in [-0.3, -0.25) is 19.5 Å². The predicted octanol–water partition coefficient (Wildman–Crippen LogP) is 2.57. The Morgan fingerprint density at radius 3 is 2.56 bits per heavy atom. The van der Waals surface area contributed by atoms with Gasteiger partial charge < -0.3 is 19.9 Å². The van der Waals surface area contributed by atoms with E-state index in [2.05, 4.69) is 19.9 Å². The van der Waals surface area contributed by atoms with E-state index >= 15 is 0 Å². The van der Waals surface area contributed by atoms with Crippen molar-refractivity contribution in [3.05, 3.63) is 76.0 Å². The van der Waals surface area contributed by atoms with E-state index in [9.17, 15) is 32.7 Å². The summed E-state index contributed by atoms with van der Waals surface area (Å²) in [5.74, 6) is -3.43. The zero-order valence-corrected chi connectivity index (χ0v) is 16.0. The van der Waals surface area contributed by atoms with Crippen LogP contribution in [-0.2, 0) is 4.79 Å². The van der Waals surface area contributed by atoms with Crippen LogP contribution in [-0.4, -0.2) is 33.1 Å². The summed E-state index contributed by atoms with van der Waals surface area (Å²) >= 11 is 0. The molecule has 12 heteroatoms. The van der Waals surface area contributed by atoms with Crippen LogP contribution in [0, 0.1) is 5.82 Å². The molecule has 0 radical (unpaired) electrons. The van der Waals surface area contributed by atoms with E-state index < -0.39 is 47.8 Å². The number of carbonyl (C=O) groups is 2. The van der Waals surface area contributed by atoms with Gasteiger partial charge in [0.1, 0.15) is 11.5 Å². The molecular weight excluding hydrogens is 435 g/mol. The number of rotatable bonds is 6. The lowest BCUT2D eigenvalue weighted by molar-refractivity contribution is -0.287. The average molecular weight is 449 g/mol. The number of nitrogens with one attached hydrogen (secondary N) is 2. The van der Waals surface area contributed by atoms with Crippen LogP contribution < -0.4 is 20.3 Å². The first-order valence-corrected chi connectivity index (χ1v) is 9.12. The molecule has 4 rings (SSSR count). The van der Waals surface area contributed by atoms with Gasteiger partial charge in [-0.2, -0.15) is 0 Å². The summed E-state index contributed by atoms with van der Waals surface area (Å²) in [5.41, 5.74) is -0.653. The zero-order chi connectivity index (χ0) is 23.0. The van der Waals surface area contributed by atoms with Crippen LogP contribution in [0.5, 0.6) is 11.5 Å². The van der Waals surface area contributed by atoms with E-state index in [4.69, 9.17) is 0 Å². The number of hydrogen-bond acceptors (Lipinski definition) is 5. The second-order valence-corrected chi connectivity index (χ2v) is 6.79. The second kappa shape index (κ2) is 7.80. The summed E-state index contributed by atoms with van der Waals surface area (Å²) in [4.78, 5) is 36.3. The van der Waals surface area contributed by atoms with Gasteiger partial charge in [0.2, 0.25) is 0 Å². The van der Waals surface area contributed by atoms with E-state index in [1.165, 1.54) is 30.3 Å². The van der Waals surface area contributed by atoms with Gasteiger partial charge in [-0.1, -0.05) is 12.1 Å². The van der Waals surface area contributed by atoms with Crippen molar-refractivity contribution in [1.29, 1.82) is 0 Å². The third kappa shape index (κ3) is 4.15. The number of ether oxygens (including phenoxy) is 2. The number of aromatic nitrogens is 2. The number of carboxylic acids is 1. The van der Waals surface area contributed by atoms with Crippen molar-refractivity contribution in [2.24, 2.45) is 0 Å². The Kier molecular flexibility index (Phi) is 5.12. The molecule has 1 atom stereocenters. The molecule has 1 aliphatic heterocycles. The van der Waals surface area contributed by atoms with Crippen LogP contribution in [0.3, 0.4) is 0 Å². The maximum Gasteiger partial charge on any atom is 0.586 e. The van der Waals surface area contributed by atoms with Crippen LogP contribution in [0.25, 0.3) is 5.69 Å². The van der Waals surface area contributed by atoms with Gasteiger partial charge in [0.15, 0.2) is 11.5 Å². The largest absolute Gasteiger partial charge is 0.586 e. The minimum atomic E-state index is -3.94. The van der Waals surface area contributed by atoms with Crippen LogP contribution in [0.1, 0.15) is 28.5 Å². The number of carbonyl (C=O) groups excluding carboxylic acids is 1. The standard InChI is InChI=1S/C20H14F3N3O6/c21-10-4-6-11(7-5-10)26-16(27)8-14(25-26)19(30)24-13(9-17(28)29)12-2-1-3-15-18(12)32-20(22,23)31-15/h1-8,13,25H,9H2,(H,24,30)(H,28,29). The SMILES string of the molecule is O=C(O)CC(NC(=O)c1cc(=O)n(-c2ccc(F)cc2)[nH]1)c1cccc2c1OC(F)(F)O2. The maximum absolute atomic E-state index is 13.5. The molecule has 32 heavy (non-hydrogen) atoms. The molecule has 0 aliphatic carbocycles. The monoisotopic (exact) mass is 449 g/mol. The summed E-state index contributed by atoms with van der Waals surface area (Å²) in [5, 5.41) is 14.2. The molecule has 1 unspecified atom stereocenters. The molecule has 3 N–H and O–H groups in total. The van der Waals surface area contributed by atoms with Crippen LogP contribution in [0.4, 0.5) is 13.2 Å². The number of carboxylic acid groups (broad SMARTS) is 1. The number of amides is 1. The highest BCUT2D eigenvalue weighted by Gasteiger charge is 2.45. The molecule has 2 heterocycles. The molecule has 0 fully saturated rings. The molecule has 166 valence electrons. The van der Waals surface area contributed by atoms with Crippen LogP contribution >= 0.6 is 0 Å². The van der Waals surface area contributed by atoms with Crippen molar-refractivity contribution in [2.45, 2.75) is 18.8 Å². The first-order chi connectivity index (χ1) is 15.1. The Morgan fingerprint density at radius 1 is 1.16 bits per heavy atom. The van der Waals surface area contributed by atoms with Crippen molar-refractivity contribution in [3.8, 4) is 17.2 Å². The first kappa shape index (κ1) is 21.0. The van der Waals surface area contributed by atoms with Gasteiger partial charge in [-0.25, -0.2) is 9.07 Å². The lowest BCUT2D eigenvalue weighted by atomic mass is 10.0. The molecule has 0 spiro atoms. The number of H-pyrrole nitrogens is 1. The number of nitrogens with zero attached hydrogens (tertiary/aromatic N) is 1. The lowest BCUT2D eigenvalue weighted by Gasteiger charge is -2.18. The summed E-state index contributed by atoms with van der Waals surface area (Å²) < 4.78 is 49.9. The van der Waals surface area contributed by atoms with Gasteiger partial charge in [-0.05, 0) is 30.3 Å². The number of aromatic amines is 1. The smallest absolute Gasteiger partial charge is 0.481 e. The quantitative estimate of drug-likeness (QED) is 0.532. The fourth-order valence-corrected chi connectivity index (χ4v) is 3.21. The molecule has 9 nitrogen and oxygen atoms in total. The topological polar surface area (TPSA) is 123 Å². The zero-order valence-electron chi connectivity index (χ0n) is 16.0. The van der Waals surface area contributed by atoms with Gasteiger partial charge in [0.05, 0.1) is 18.2 Å². The average Bonchev–Trinajstić information content (AvgIpc) is 3.25. The number of alkyl halides is 2. The number of benzene rings is 2. The van der Waals surface area contributed by atoms with E-state index in [-0.39, 0.29) is 22.7 Å². The third-order valence-electron chi connectivity index (χ3n) is 4.57. The molecule has 0 saturated carbocycles. The Balaban J connectivity index is 1.63. The van der Waals surface area contributed by atoms with Crippen LogP contribution in [0.15, 0.2) is 53.3 Å². The summed E-state index contributed by atoms with van der Waals surface area (Å²) in [6, 6.07) is 8.40. The highest BCUT2D eigenvalue weighted by molar-refractivity contribution is 5.92. The molecule has 1 aliphatic rings. The fraction of sp³-hybridized carbons (Fsp3) is 0.150. The first-order valence-electron chi connectivity index (χ1n) is 9.12. The molecule has 1 aromatic heterocycles. The minimum Gasteiger partial charge on any atom is -0.481 e. The van der Waals surface area contributed by atoms with Crippen molar-refractivity contribution < 1.29 is 37.3 Å². The Bertz CT molecular complexity index is 1250. The van der Waals surface area contributed by atoms with Crippen molar-refractivity contribution in [1.82, 2.24) is 15.1 Å².